The van der Waals surface area contributed by atoms with Gasteiger partial charge in [0.15, 0.2) is 5.82 Å². The van der Waals surface area contributed by atoms with Gasteiger partial charge in [0.2, 0.25) is 0 Å². The molecule has 0 radical (unpaired) electrons. The summed E-state index contributed by atoms with van der Waals surface area (Å²) in [6.45, 7) is 1.42. The quantitative estimate of drug-likeness (QED) is 0.327. The van der Waals surface area contributed by atoms with Crippen LogP contribution in [-0.2, 0) is 17.8 Å². The number of rotatable bonds is 8. The molecule has 1 aromatic carbocycles. The molecule has 0 unspecified atom stereocenters. The molecule has 4 aromatic rings. The van der Waals surface area contributed by atoms with E-state index in [1.54, 1.807) is 6.20 Å². The van der Waals surface area contributed by atoms with Crippen LogP contribution in [0.1, 0.15) is 29.0 Å². The molecule has 0 bridgehead atoms. The van der Waals surface area contributed by atoms with Crippen molar-refractivity contribution >= 4 is 11.9 Å². The molecule has 1 amide bonds. The minimum atomic E-state index is -5.08. The van der Waals surface area contributed by atoms with Gasteiger partial charge in [0.1, 0.15) is 5.69 Å². The number of nitrogens with one attached hydrogen (secondary N) is 1. The van der Waals surface area contributed by atoms with Gasteiger partial charge >= 0.3 is 12.1 Å². The molecule has 1 aliphatic rings. The highest BCUT2D eigenvalue weighted by Gasteiger charge is 2.38. The number of pyridine rings is 1. The molecule has 1 aliphatic carbocycles. The second kappa shape index (κ2) is 12.3. The van der Waals surface area contributed by atoms with Gasteiger partial charge < -0.3 is 15.0 Å². The number of carbonyl (C=O) groups is 2. The molecule has 2 N–H and O–H groups in total. The summed E-state index contributed by atoms with van der Waals surface area (Å²) in [6, 6.07) is 17.7. The zero-order valence-corrected chi connectivity index (χ0v) is 20.8. The van der Waals surface area contributed by atoms with Gasteiger partial charge in [-0.2, -0.15) is 13.2 Å². The van der Waals surface area contributed by atoms with Crippen LogP contribution >= 0.6 is 0 Å². The number of aliphatic carboxylic acids is 1. The smallest absolute Gasteiger partial charge is 0.475 e. The zero-order valence-electron chi connectivity index (χ0n) is 20.8. The molecule has 0 atom stereocenters. The second-order valence-electron chi connectivity index (χ2n) is 9.00. The lowest BCUT2D eigenvalue weighted by atomic mass is 10.1. The summed E-state index contributed by atoms with van der Waals surface area (Å²) in [7, 11) is 0. The van der Waals surface area contributed by atoms with Crippen molar-refractivity contribution in [2.75, 3.05) is 6.54 Å². The summed E-state index contributed by atoms with van der Waals surface area (Å²) in [5.41, 5.74) is 4.50. The van der Waals surface area contributed by atoms with E-state index in [0.717, 1.165) is 28.9 Å². The van der Waals surface area contributed by atoms with Crippen molar-refractivity contribution in [1.82, 2.24) is 24.8 Å². The van der Waals surface area contributed by atoms with Crippen molar-refractivity contribution in [2.24, 2.45) is 5.92 Å². The van der Waals surface area contributed by atoms with Crippen molar-refractivity contribution in [2.45, 2.75) is 32.0 Å². The monoisotopic (exact) mass is 537 g/mol. The lowest BCUT2D eigenvalue weighted by Gasteiger charge is -2.09. The van der Waals surface area contributed by atoms with E-state index in [2.05, 4.69) is 24.8 Å². The van der Waals surface area contributed by atoms with Crippen molar-refractivity contribution in [3.63, 3.8) is 0 Å². The van der Waals surface area contributed by atoms with E-state index in [9.17, 15) is 18.0 Å². The molecule has 11 heteroatoms. The highest BCUT2D eigenvalue weighted by molar-refractivity contribution is 5.94. The molecule has 0 saturated heterocycles. The first kappa shape index (κ1) is 27.5. The van der Waals surface area contributed by atoms with Crippen LogP contribution in [0.15, 0.2) is 79.4 Å². The Bertz CT molecular complexity index is 1390. The Morgan fingerprint density at radius 2 is 1.62 bits per heavy atom. The number of amides is 1. The van der Waals surface area contributed by atoms with Gasteiger partial charge in [0.05, 0.1) is 0 Å². The Morgan fingerprint density at radius 1 is 0.949 bits per heavy atom. The average molecular weight is 538 g/mol. The van der Waals surface area contributed by atoms with Gasteiger partial charge in [-0.25, -0.2) is 14.8 Å². The van der Waals surface area contributed by atoms with Crippen molar-refractivity contribution < 1.29 is 27.9 Å². The summed E-state index contributed by atoms with van der Waals surface area (Å²) in [5.74, 6) is -1.46. The minimum absolute atomic E-state index is 0.0605. The fraction of sp³-hybridized carbons (Fsp3) is 0.250. The van der Waals surface area contributed by atoms with E-state index in [1.165, 1.54) is 12.8 Å². The molecule has 5 rings (SSSR count). The van der Waals surface area contributed by atoms with Crippen LogP contribution in [0.3, 0.4) is 0 Å². The standard InChI is InChI=1S/C26H25N5O.C2HF3O2/c32-26(28-13-11-23-8-4-5-12-27-23)24-14-21(18-31(24)17-19-9-10-19)22-15-29-25(30-16-22)20-6-2-1-3-7-20;3-2(4,5)1(6)7/h1-8,12,14-16,18-19H,9-11,13,17H2,(H,28,32);(H,6,7). The summed E-state index contributed by atoms with van der Waals surface area (Å²) in [4.78, 5) is 35.2. The van der Waals surface area contributed by atoms with Crippen LogP contribution in [0.25, 0.3) is 22.5 Å². The van der Waals surface area contributed by atoms with Crippen LogP contribution < -0.4 is 5.32 Å². The summed E-state index contributed by atoms with van der Waals surface area (Å²) < 4.78 is 33.8. The third kappa shape index (κ3) is 7.97. The number of halogens is 3. The molecule has 1 fully saturated rings. The number of carboxylic acids is 1. The first-order chi connectivity index (χ1) is 18.7. The highest BCUT2D eigenvalue weighted by atomic mass is 19.4. The Hall–Kier alpha value is -4.54. The molecular weight excluding hydrogens is 511 g/mol. The lowest BCUT2D eigenvalue weighted by Crippen LogP contribution is -2.28. The van der Waals surface area contributed by atoms with E-state index >= 15 is 0 Å². The van der Waals surface area contributed by atoms with Crippen LogP contribution in [0.4, 0.5) is 13.2 Å². The highest BCUT2D eigenvalue weighted by Crippen LogP contribution is 2.32. The molecule has 202 valence electrons. The zero-order chi connectivity index (χ0) is 27.8. The number of carboxylic acid groups (broad SMARTS) is 1. The van der Waals surface area contributed by atoms with Gasteiger partial charge in [0.25, 0.3) is 5.91 Å². The minimum Gasteiger partial charge on any atom is -0.475 e. The molecule has 3 aromatic heterocycles. The van der Waals surface area contributed by atoms with E-state index in [1.807, 2.05) is 73.2 Å². The SMILES string of the molecule is O=C(NCCc1ccccn1)c1cc(-c2cnc(-c3ccccc3)nc2)cn1CC1CC1.O=C(O)C(F)(F)F. The number of nitrogens with zero attached hydrogens (tertiary/aromatic N) is 4. The number of hydrogen-bond acceptors (Lipinski definition) is 5. The van der Waals surface area contributed by atoms with Crippen molar-refractivity contribution in [1.29, 1.82) is 0 Å². The van der Waals surface area contributed by atoms with Crippen LogP contribution in [-0.4, -0.2) is 49.2 Å². The third-order valence-corrected chi connectivity index (χ3v) is 5.93. The predicted octanol–water partition coefficient (Wildman–Crippen LogP) is 5.02. The largest absolute Gasteiger partial charge is 0.490 e. The van der Waals surface area contributed by atoms with E-state index in [0.29, 0.717) is 30.4 Å². The van der Waals surface area contributed by atoms with E-state index in [-0.39, 0.29) is 5.91 Å². The second-order valence-corrected chi connectivity index (χ2v) is 9.00. The average Bonchev–Trinajstić information content (AvgIpc) is 3.65. The van der Waals surface area contributed by atoms with E-state index < -0.39 is 12.1 Å². The lowest BCUT2D eigenvalue weighted by molar-refractivity contribution is -0.192. The Morgan fingerprint density at radius 3 is 2.21 bits per heavy atom. The molecule has 39 heavy (non-hydrogen) atoms. The van der Waals surface area contributed by atoms with Crippen LogP contribution in [0, 0.1) is 5.92 Å². The molecule has 0 aliphatic heterocycles. The maximum absolute atomic E-state index is 13.0. The number of carbonyl (C=O) groups excluding carboxylic acids is 1. The molecule has 0 spiro atoms. The van der Waals surface area contributed by atoms with Gasteiger partial charge in [0, 0.05) is 66.7 Å². The Labute approximate surface area is 222 Å². The Balaban J connectivity index is 0.000000448. The van der Waals surface area contributed by atoms with Gasteiger partial charge in [-0.3, -0.25) is 9.78 Å². The van der Waals surface area contributed by atoms with Crippen LogP contribution in [0.2, 0.25) is 0 Å². The van der Waals surface area contributed by atoms with Gasteiger partial charge in [-0.15, -0.1) is 0 Å². The number of benzene rings is 1. The first-order valence-electron chi connectivity index (χ1n) is 12.3. The fourth-order valence-corrected chi connectivity index (χ4v) is 3.74. The first-order valence-corrected chi connectivity index (χ1v) is 12.3. The van der Waals surface area contributed by atoms with E-state index in [4.69, 9.17) is 9.90 Å². The van der Waals surface area contributed by atoms with Crippen molar-refractivity contribution in [3.05, 3.63) is 90.8 Å². The maximum atomic E-state index is 13.0. The molecule has 1 saturated carbocycles. The third-order valence-electron chi connectivity index (χ3n) is 5.93. The van der Waals surface area contributed by atoms with Crippen molar-refractivity contribution in [3.8, 4) is 22.5 Å². The van der Waals surface area contributed by atoms with Gasteiger partial charge in [-0.1, -0.05) is 36.4 Å². The number of alkyl halides is 3. The number of aromatic nitrogens is 4. The molecular formula is C28H26F3N5O3. The van der Waals surface area contributed by atoms with Crippen LogP contribution in [0.5, 0.6) is 0 Å². The molecule has 3 heterocycles. The normalized spacial score (nSPS) is 12.8. The molecule has 8 nitrogen and oxygen atoms in total. The fourth-order valence-electron chi connectivity index (χ4n) is 3.74. The maximum Gasteiger partial charge on any atom is 0.490 e. The summed E-state index contributed by atoms with van der Waals surface area (Å²) >= 11 is 0. The summed E-state index contributed by atoms with van der Waals surface area (Å²) in [6.07, 6.45) is 5.55. The predicted molar refractivity (Wildman–Crippen MR) is 138 cm³/mol. The summed E-state index contributed by atoms with van der Waals surface area (Å²) in [5, 5.41) is 10.2. The number of hydrogen-bond donors (Lipinski definition) is 2. The topological polar surface area (TPSA) is 110 Å². The van der Waals surface area contributed by atoms with Gasteiger partial charge in [-0.05, 0) is 37.0 Å². The Kier molecular flexibility index (Phi) is 8.70.